The van der Waals surface area contributed by atoms with Crippen LogP contribution in [0.4, 0.5) is 4.39 Å². The molecular weight excluding hydrogens is 323 g/mol. The number of rotatable bonds is 1. The Hall–Kier alpha value is -0.670. The summed E-state index contributed by atoms with van der Waals surface area (Å²) in [7, 11) is 0. The summed E-state index contributed by atoms with van der Waals surface area (Å²) < 4.78 is 14.8. The first kappa shape index (κ1) is 10.8. The molecule has 0 saturated heterocycles. The molecule has 0 nitrogen and oxygen atoms in total. The Labute approximate surface area is 104 Å². The minimum Gasteiger partial charge on any atom is -0.207 e. The molecule has 0 aliphatic carbocycles. The summed E-state index contributed by atoms with van der Waals surface area (Å²) in [4.78, 5) is 0. The van der Waals surface area contributed by atoms with Crippen molar-refractivity contribution in [3.05, 3.63) is 57.2 Å². The third-order valence-corrected chi connectivity index (χ3v) is 3.24. The van der Waals surface area contributed by atoms with E-state index in [1.54, 1.807) is 12.1 Å². The van der Waals surface area contributed by atoms with E-state index >= 15 is 0 Å². The molecule has 3 heteroatoms. The summed E-state index contributed by atoms with van der Waals surface area (Å²) in [5, 5.41) is 0. The van der Waals surface area contributed by atoms with E-state index in [-0.39, 0.29) is 5.82 Å². The van der Waals surface area contributed by atoms with E-state index in [4.69, 9.17) is 0 Å². The van der Waals surface area contributed by atoms with Gasteiger partial charge in [-0.2, -0.15) is 0 Å². The van der Waals surface area contributed by atoms with Crippen LogP contribution in [0.25, 0.3) is 11.1 Å². The van der Waals surface area contributed by atoms with Gasteiger partial charge in [0.25, 0.3) is 0 Å². The molecule has 0 atom stereocenters. The minimum absolute atomic E-state index is 0.216. The Morgan fingerprint density at radius 1 is 0.867 bits per heavy atom. The summed E-state index contributed by atoms with van der Waals surface area (Å²) in [6.07, 6.45) is 0. The molecule has 0 heterocycles. The van der Waals surface area contributed by atoms with Gasteiger partial charge in [-0.05, 0) is 35.4 Å². The average Bonchev–Trinajstić information content (AvgIpc) is 2.20. The van der Waals surface area contributed by atoms with E-state index in [0.29, 0.717) is 0 Å². The maximum atomic E-state index is 12.7. The van der Waals surface area contributed by atoms with Gasteiger partial charge in [0.1, 0.15) is 5.82 Å². The molecule has 0 bridgehead atoms. The molecular formula is C12H7Br2F. The summed E-state index contributed by atoms with van der Waals surface area (Å²) >= 11 is 6.87. The monoisotopic (exact) mass is 328 g/mol. The lowest BCUT2D eigenvalue weighted by atomic mass is 10.1. The largest absolute Gasteiger partial charge is 0.207 e. The topological polar surface area (TPSA) is 0 Å². The fourth-order valence-corrected chi connectivity index (χ4v) is 2.63. The maximum absolute atomic E-state index is 12.7. The minimum atomic E-state index is -0.216. The highest BCUT2D eigenvalue weighted by atomic mass is 79.9. The highest BCUT2D eigenvalue weighted by molar-refractivity contribution is 9.11. The molecule has 0 fully saturated rings. The van der Waals surface area contributed by atoms with Crippen molar-refractivity contribution in [2.24, 2.45) is 0 Å². The molecule has 15 heavy (non-hydrogen) atoms. The number of halogens is 3. The van der Waals surface area contributed by atoms with Crippen LogP contribution in [-0.4, -0.2) is 0 Å². The molecule has 2 rings (SSSR count). The summed E-state index contributed by atoms with van der Waals surface area (Å²) in [6, 6.07) is 12.4. The predicted molar refractivity (Wildman–Crippen MR) is 67.2 cm³/mol. The second kappa shape index (κ2) is 4.45. The SMILES string of the molecule is Fc1ccc(-c2ccc(Br)cc2Br)cc1. The zero-order chi connectivity index (χ0) is 10.8. The van der Waals surface area contributed by atoms with Gasteiger partial charge in [0, 0.05) is 8.95 Å². The van der Waals surface area contributed by atoms with E-state index < -0.39 is 0 Å². The van der Waals surface area contributed by atoms with Crippen molar-refractivity contribution in [2.45, 2.75) is 0 Å². The summed E-state index contributed by atoms with van der Waals surface area (Å²) in [5.74, 6) is -0.216. The van der Waals surface area contributed by atoms with Crippen molar-refractivity contribution in [3.8, 4) is 11.1 Å². The molecule has 0 aliphatic heterocycles. The van der Waals surface area contributed by atoms with Gasteiger partial charge >= 0.3 is 0 Å². The van der Waals surface area contributed by atoms with Gasteiger partial charge < -0.3 is 0 Å². The molecule has 76 valence electrons. The lowest BCUT2D eigenvalue weighted by Crippen LogP contribution is -1.80. The van der Waals surface area contributed by atoms with E-state index in [9.17, 15) is 4.39 Å². The van der Waals surface area contributed by atoms with E-state index in [0.717, 1.165) is 20.1 Å². The van der Waals surface area contributed by atoms with Crippen molar-refractivity contribution >= 4 is 31.9 Å². The van der Waals surface area contributed by atoms with E-state index in [1.807, 2.05) is 18.2 Å². The Morgan fingerprint density at radius 3 is 2.13 bits per heavy atom. The van der Waals surface area contributed by atoms with Crippen molar-refractivity contribution in [3.63, 3.8) is 0 Å². The first-order chi connectivity index (χ1) is 7.16. The van der Waals surface area contributed by atoms with Crippen LogP contribution < -0.4 is 0 Å². The average molecular weight is 330 g/mol. The smallest absolute Gasteiger partial charge is 0.123 e. The van der Waals surface area contributed by atoms with Gasteiger partial charge in [0.2, 0.25) is 0 Å². The van der Waals surface area contributed by atoms with Crippen molar-refractivity contribution in [1.82, 2.24) is 0 Å². The van der Waals surface area contributed by atoms with Crippen LogP contribution in [0, 0.1) is 5.82 Å². The Kier molecular flexibility index (Phi) is 3.22. The fraction of sp³-hybridized carbons (Fsp3) is 0. The lowest BCUT2D eigenvalue weighted by Gasteiger charge is -2.04. The van der Waals surface area contributed by atoms with Crippen LogP contribution in [-0.2, 0) is 0 Å². The third-order valence-electron chi connectivity index (χ3n) is 2.09. The first-order valence-corrected chi connectivity index (χ1v) is 5.96. The standard InChI is InChI=1S/C12H7Br2F/c13-9-3-6-11(12(14)7-9)8-1-4-10(15)5-2-8/h1-7H. The number of hydrogen-bond acceptors (Lipinski definition) is 0. The van der Waals surface area contributed by atoms with Gasteiger partial charge in [-0.15, -0.1) is 0 Å². The molecule has 0 N–H and O–H groups in total. The predicted octanol–water partition coefficient (Wildman–Crippen LogP) is 5.02. The second-order valence-corrected chi connectivity index (χ2v) is 4.90. The quantitative estimate of drug-likeness (QED) is 0.689. The van der Waals surface area contributed by atoms with Crippen LogP contribution in [0.3, 0.4) is 0 Å². The second-order valence-electron chi connectivity index (χ2n) is 3.13. The third kappa shape index (κ3) is 2.47. The van der Waals surface area contributed by atoms with Gasteiger partial charge in [-0.3, -0.25) is 0 Å². The molecule has 0 spiro atoms. The highest BCUT2D eigenvalue weighted by Crippen LogP contribution is 2.30. The normalized spacial score (nSPS) is 10.3. The maximum Gasteiger partial charge on any atom is 0.123 e. The summed E-state index contributed by atoms with van der Waals surface area (Å²) in [6.45, 7) is 0. The van der Waals surface area contributed by atoms with Crippen LogP contribution >= 0.6 is 31.9 Å². The number of benzene rings is 2. The number of hydrogen-bond donors (Lipinski definition) is 0. The Balaban J connectivity index is 2.49. The Bertz CT molecular complexity index is 477. The molecule has 0 amide bonds. The van der Waals surface area contributed by atoms with Crippen LogP contribution in [0.15, 0.2) is 51.4 Å². The molecule has 0 aromatic heterocycles. The van der Waals surface area contributed by atoms with Gasteiger partial charge in [-0.25, -0.2) is 4.39 Å². The first-order valence-electron chi connectivity index (χ1n) is 4.38. The van der Waals surface area contributed by atoms with Gasteiger partial charge in [0.05, 0.1) is 0 Å². The molecule has 0 aliphatic rings. The van der Waals surface area contributed by atoms with Gasteiger partial charge in [0.15, 0.2) is 0 Å². The molecule has 0 saturated carbocycles. The Morgan fingerprint density at radius 2 is 1.53 bits per heavy atom. The summed E-state index contributed by atoms with van der Waals surface area (Å²) in [5.41, 5.74) is 2.05. The zero-order valence-corrected chi connectivity index (χ0v) is 10.8. The highest BCUT2D eigenvalue weighted by Gasteiger charge is 2.03. The molecule has 2 aromatic rings. The zero-order valence-electron chi connectivity index (χ0n) is 7.68. The van der Waals surface area contributed by atoms with E-state index in [1.165, 1.54) is 12.1 Å². The van der Waals surface area contributed by atoms with Crippen LogP contribution in [0.5, 0.6) is 0 Å². The van der Waals surface area contributed by atoms with Crippen LogP contribution in [0.1, 0.15) is 0 Å². The van der Waals surface area contributed by atoms with Crippen molar-refractivity contribution < 1.29 is 4.39 Å². The van der Waals surface area contributed by atoms with Crippen molar-refractivity contribution in [2.75, 3.05) is 0 Å². The lowest BCUT2D eigenvalue weighted by molar-refractivity contribution is 0.628. The molecule has 0 unspecified atom stereocenters. The molecule has 0 radical (unpaired) electrons. The van der Waals surface area contributed by atoms with Crippen molar-refractivity contribution in [1.29, 1.82) is 0 Å². The fourth-order valence-electron chi connectivity index (χ4n) is 1.35. The molecule has 2 aromatic carbocycles. The van der Waals surface area contributed by atoms with E-state index in [2.05, 4.69) is 31.9 Å². The van der Waals surface area contributed by atoms with Crippen LogP contribution in [0.2, 0.25) is 0 Å². The van der Waals surface area contributed by atoms with Gasteiger partial charge in [-0.1, -0.05) is 50.1 Å².